The molecule has 0 spiro atoms. The van der Waals surface area contributed by atoms with Gasteiger partial charge in [-0.05, 0) is 56.9 Å². The molecule has 15 heteroatoms. The van der Waals surface area contributed by atoms with E-state index in [-0.39, 0.29) is 16.7 Å². The van der Waals surface area contributed by atoms with Crippen molar-refractivity contribution in [3.8, 4) is 16.3 Å². The summed E-state index contributed by atoms with van der Waals surface area (Å²) in [7, 11) is -2.35. The van der Waals surface area contributed by atoms with Crippen LogP contribution in [0.3, 0.4) is 0 Å². The molecule has 41 heavy (non-hydrogen) atoms. The average molecular weight is 615 g/mol. The van der Waals surface area contributed by atoms with Crippen molar-refractivity contribution >= 4 is 44.1 Å². The second-order valence-electron chi connectivity index (χ2n) is 9.34. The molecule has 0 atom stereocenters. The first-order valence-electron chi connectivity index (χ1n) is 12.3. The smallest absolute Gasteiger partial charge is 0.481 e. The van der Waals surface area contributed by atoms with Crippen molar-refractivity contribution in [3.63, 3.8) is 0 Å². The highest BCUT2D eigenvalue weighted by molar-refractivity contribution is 7.92. The number of sulfonamides is 1. The number of carboxylic acid groups (broad SMARTS) is 1. The van der Waals surface area contributed by atoms with Crippen LogP contribution in [0.25, 0.3) is 10.4 Å². The van der Waals surface area contributed by atoms with Crippen LogP contribution in [0.1, 0.15) is 42.5 Å². The zero-order valence-corrected chi connectivity index (χ0v) is 24.3. The summed E-state index contributed by atoms with van der Waals surface area (Å²) in [5, 5.41) is 10.6. The highest BCUT2D eigenvalue weighted by atomic mass is 32.2. The largest absolute Gasteiger partial charge is 0.490 e. The molecule has 4 rings (SSSR count). The number of carbonyl (C=O) groups is 2. The van der Waals surface area contributed by atoms with Gasteiger partial charge in [-0.2, -0.15) is 13.2 Å². The number of aromatic nitrogens is 2. The summed E-state index contributed by atoms with van der Waals surface area (Å²) >= 11 is 1.35. The number of carboxylic acids is 1. The van der Waals surface area contributed by atoms with E-state index in [1.807, 2.05) is 13.0 Å². The van der Waals surface area contributed by atoms with Crippen molar-refractivity contribution < 1.29 is 41.0 Å². The van der Waals surface area contributed by atoms with Crippen LogP contribution in [0.15, 0.2) is 35.4 Å². The summed E-state index contributed by atoms with van der Waals surface area (Å²) in [5.41, 5.74) is 3.16. The third-order valence-corrected chi connectivity index (χ3v) is 8.86. The van der Waals surface area contributed by atoms with Gasteiger partial charge in [0.05, 0.1) is 34.5 Å². The number of ether oxygens (including phenoxy) is 1. The maximum absolute atomic E-state index is 13.2. The van der Waals surface area contributed by atoms with E-state index in [9.17, 15) is 26.4 Å². The molecule has 3 aromatic rings. The number of benzene rings is 1. The lowest BCUT2D eigenvalue weighted by molar-refractivity contribution is -0.192. The Morgan fingerprint density at radius 1 is 1.10 bits per heavy atom. The zero-order valence-electron chi connectivity index (χ0n) is 22.6. The van der Waals surface area contributed by atoms with Crippen molar-refractivity contribution in [1.82, 2.24) is 9.97 Å². The summed E-state index contributed by atoms with van der Waals surface area (Å²) in [4.78, 5) is 31.0. The van der Waals surface area contributed by atoms with Crippen LogP contribution in [0.2, 0.25) is 0 Å². The zero-order chi connectivity index (χ0) is 30.5. The number of nitrogens with zero attached hydrogens (tertiary/aromatic N) is 2. The Hall–Kier alpha value is -3.72. The number of hydrogen-bond acceptors (Lipinski definition) is 8. The summed E-state index contributed by atoms with van der Waals surface area (Å²) in [6, 6.07) is 6.97. The predicted molar refractivity (Wildman–Crippen MR) is 148 cm³/mol. The number of methoxy groups -OCH3 is 1. The fourth-order valence-electron chi connectivity index (χ4n) is 4.19. The molecule has 3 N–H and O–H groups in total. The molecule has 0 bridgehead atoms. The molecular weight excluding hydrogens is 585 g/mol. The van der Waals surface area contributed by atoms with E-state index < -0.39 is 22.2 Å². The number of anilines is 2. The van der Waals surface area contributed by atoms with E-state index in [4.69, 9.17) is 14.6 Å². The average Bonchev–Trinajstić information content (AvgIpc) is 3.54. The molecule has 1 saturated carbocycles. The topological polar surface area (TPSA) is 148 Å². The Kier molecular flexibility index (Phi) is 9.97. The van der Waals surface area contributed by atoms with Gasteiger partial charge in [0, 0.05) is 11.5 Å². The molecule has 222 valence electrons. The van der Waals surface area contributed by atoms with Gasteiger partial charge < -0.3 is 15.2 Å². The van der Waals surface area contributed by atoms with Crippen molar-refractivity contribution in [2.24, 2.45) is 5.92 Å². The van der Waals surface area contributed by atoms with Gasteiger partial charge in [0.2, 0.25) is 11.8 Å². The van der Waals surface area contributed by atoms with Gasteiger partial charge in [0.15, 0.2) is 5.13 Å². The first kappa shape index (κ1) is 31.8. The molecular formula is C26H29F3N4O6S2. The second kappa shape index (κ2) is 12.9. The van der Waals surface area contributed by atoms with Gasteiger partial charge in [-0.1, -0.05) is 36.3 Å². The third kappa shape index (κ3) is 8.16. The fourth-order valence-corrected chi connectivity index (χ4v) is 6.46. The van der Waals surface area contributed by atoms with Crippen LogP contribution >= 0.6 is 11.3 Å². The van der Waals surface area contributed by atoms with Gasteiger partial charge >= 0.3 is 12.1 Å². The Morgan fingerprint density at radius 3 is 2.29 bits per heavy atom. The normalized spacial score (nSPS) is 13.7. The molecule has 2 aromatic heterocycles. The summed E-state index contributed by atoms with van der Waals surface area (Å²) in [6.45, 7) is 5.41. The van der Waals surface area contributed by atoms with Crippen molar-refractivity contribution in [3.05, 3.63) is 47.3 Å². The number of hydrogen-bond donors (Lipinski definition) is 3. The first-order valence-corrected chi connectivity index (χ1v) is 14.6. The van der Waals surface area contributed by atoms with Gasteiger partial charge in [0.1, 0.15) is 0 Å². The lowest BCUT2D eigenvalue weighted by Gasteiger charge is -2.13. The Morgan fingerprint density at radius 2 is 1.73 bits per heavy atom. The van der Waals surface area contributed by atoms with Crippen molar-refractivity contribution in [2.45, 2.75) is 57.5 Å². The molecule has 0 radical (unpaired) electrons. The number of halogens is 3. The number of amides is 1. The van der Waals surface area contributed by atoms with E-state index in [1.54, 1.807) is 32.0 Å². The lowest BCUT2D eigenvalue weighted by atomic mass is 10.1. The monoisotopic (exact) mass is 614 g/mol. The van der Waals surface area contributed by atoms with Gasteiger partial charge in [-0.25, -0.2) is 23.2 Å². The van der Waals surface area contributed by atoms with Gasteiger partial charge in [-0.15, -0.1) is 0 Å². The molecule has 0 unspecified atom stereocenters. The quantitative estimate of drug-likeness (QED) is 0.307. The molecule has 1 fully saturated rings. The molecule has 1 aliphatic carbocycles. The molecule has 0 saturated heterocycles. The van der Waals surface area contributed by atoms with Crippen LogP contribution in [0, 0.1) is 26.7 Å². The number of alkyl halides is 3. The number of nitrogens with one attached hydrogen (secondary N) is 2. The number of carbonyl (C=O) groups excluding carboxylic acids is 1. The van der Waals surface area contributed by atoms with Crippen LogP contribution in [-0.2, 0) is 19.6 Å². The Labute approximate surface area is 239 Å². The van der Waals surface area contributed by atoms with Crippen LogP contribution in [-0.4, -0.2) is 48.7 Å². The summed E-state index contributed by atoms with van der Waals surface area (Å²) in [5.74, 6) is -2.26. The van der Waals surface area contributed by atoms with Gasteiger partial charge in [-0.3, -0.25) is 9.52 Å². The fraction of sp³-hybridized carbons (Fsp3) is 0.385. The standard InChI is InChI=1S/C24H28N4O4S2.C2HF3O2/c1-14-9-10-18(21-16(3)26-24(33-21)27-22(29)17-7-5-6-8-17)12-20(14)34(30,31)28-19-11-15(2)23(32-4)25-13-19;3-2(4,5)1(6)7/h9-13,17,28H,5-8H2,1-4H3,(H,26,27,29);(H,6,7). The van der Waals surface area contributed by atoms with E-state index in [0.717, 1.165) is 47.4 Å². The Bertz CT molecular complexity index is 1530. The molecule has 10 nitrogen and oxygen atoms in total. The van der Waals surface area contributed by atoms with Gasteiger partial charge in [0.25, 0.3) is 10.0 Å². The minimum absolute atomic E-state index is 0.0116. The highest BCUT2D eigenvalue weighted by Gasteiger charge is 2.38. The van der Waals surface area contributed by atoms with E-state index in [0.29, 0.717) is 22.3 Å². The van der Waals surface area contributed by atoms with Crippen LogP contribution < -0.4 is 14.8 Å². The first-order chi connectivity index (χ1) is 19.1. The SMILES string of the molecule is COc1ncc(NS(=O)(=O)c2cc(-c3sc(NC(=O)C4CCCC4)nc3C)ccc2C)cc1C.O=C(O)C(F)(F)F. The van der Waals surface area contributed by atoms with Crippen LogP contribution in [0.5, 0.6) is 5.88 Å². The lowest BCUT2D eigenvalue weighted by Crippen LogP contribution is -2.21. The number of aliphatic carboxylic acids is 1. The highest BCUT2D eigenvalue weighted by Crippen LogP contribution is 2.36. The summed E-state index contributed by atoms with van der Waals surface area (Å²) < 4.78 is 65.9. The molecule has 1 amide bonds. The van der Waals surface area contributed by atoms with Crippen molar-refractivity contribution in [2.75, 3.05) is 17.1 Å². The minimum atomic E-state index is -5.08. The number of pyridine rings is 1. The molecule has 2 heterocycles. The second-order valence-corrected chi connectivity index (χ2v) is 12.0. The number of aryl methyl sites for hydroxylation is 3. The van der Waals surface area contributed by atoms with Crippen molar-refractivity contribution in [1.29, 1.82) is 0 Å². The number of rotatable bonds is 7. The van der Waals surface area contributed by atoms with E-state index >= 15 is 0 Å². The third-order valence-electron chi connectivity index (χ3n) is 6.21. The molecule has 1 aromatic carbocycles. The maximum Gasteiger partial charge on any atom is 0.490 e. The van der Waals surface area contributed by atoms with Crippen LogP contribution in [0.4, 0.5) is 24.0 Å². The minimum Gasteiger partial charge on any atom is -0.481 e. The maximum atomic E-state index is 13.2. The Balaban J connectivity index is 0.000000587. The molecule has 1 aliphatic rings. The number of thiazole rings is 1. The predicted octanol–water partition coefficient (Wildman–Crippen LogP) is 5.70. The van der Waals surface area contributed by atoms with E-state index in [1.165, 1.54) is 24.6 Å². The molecule has 0 aliphatic heterocycles. The van der Waals surface area contributed by atoms with E-state index in [2.05, 4.69) is 20.0 Å². The summed E-state index contributed by atoms with van der Waals surface area (Å²) in [6.07, 6.45) is 0.342.